The van der Waals surface area contributed by atoms with Crippen molar-refractivity contribution in [3.05, 3.63) is 30.1 Å². The largest absolute Gasteiger partial charge is 0.335 e. The standard InChI is InChI=1S/C11H15N3O/c1-3-4-11(15)13-7-10(8-13)14-6-9(2)5-12-14/h3-6,10H,7-8H2,1-2H3/b4-3+. The maximum Gasteiger partial charge on any atom is 0.246 e. The lowest BCUT2D eigenvalue weighted by molar-refractivity contribution is -0.131. The van der Waals surface area contributed by atoms with Gasteiger partial charge in [-0.1, -0.05) is 6.08 Å². The lowest BCUT2D eigenvalue weighted by atomic mass is 10.1. The average molecular weight is 205 g/mol. The number of hydrogen-bond donors (Lipinski definition) is 0. The second-order valence-corrected chi connectivity index (χ2v) is 3.89. The Labute approximate surface area is 89.2 Å². The van der Waals surface area contributed by atoms with E-state index in [1.54, 1.807) is 12.2 Å². The second-order valence-electron chi connectivity index (χ2n) is 3.89. The molecule has 2 rings (SSSR count). The van der Waals surface area contributed by atoms with Crippen LogP contribution in [0.5, 0.6) is 0 Å². The van der Waals surface area contributed by atoms with Crippen molar-refractivity contribution in [2.75, 3.05) is 13.1 Å². The molecule has 15 heavy (non-hydrogen) atoms. The zero-order chi connectivity index (χ0) is 10.8. The number of carbonyl (C=O) groups excluding carboxylic acids is 1. The van der Waals surface area contributed by atoms with E-state index in [4.69, 9.17) is 0 Å². The number of carbonyl (C=O) groups is 1. The van der Waals surface area contributed by atoms with Crippen LogP contribution in [0, 0.1) is 6.92 Å². The first-order valence-corrected chi connectivity index (χ1v) is 5.13. The van der Waals surface area contributed by atoms with Gasteiger partial charge in [0, 0.05) is 19.3 Å². The predicted octanol–water partition coefficient (Wildman–Crippen LogP) is 1.15. The third kappa shape index (κ3) is 1.93. The first-order chi connectivity index (χ1) is 7.20. The Morgan fingerprint density at radius 3 is 2.87 bits per heavy atom. The molecule has 0 unspecified atom stereocenters. The monoisotopic (exact) mass is 205 g/mol. The van der Waals surface area contributed by atoms with Crippen molar-refractivity contribution in [2.24, 2.45) is 0 Å². The molecule has 1 aliphatic heterocycles. The number of rotatable bonds is 2. The molecule has 1 aromatic heterocycles. The first kappa shape index (κ1) is 9.96. The smallest absolute Gasteiger partial charge is 0.246 e. The van der Waals surface area contributed by atoms with Crippen molar-refractivity contribution in [3.63, 3.8) is 0 Å². The summed E-state index contributed by atoms with van der Waals surface area (Å²) < 4.78 is 1.94. The molecule has 0 atom stereocenters. The molecule has 1 aromatic rings. The molecule has 0 bridgehead atoms. The second kappa shape index (κ2) is 3.88. The number of aromatic nitrogens is 2. The molecule has 1 fully saturated rings. The van der Waals surface area contributed by atoms with Crippen LogP contribution in [0.1, 0.15) is 18.5 Å². The van der Waals surface area contributed by atoms with E-state index in [0.717, 1.165) is 18.7 Å². The molecule has 1 aliphatic rings. The van der Waals surface area contributed by atoms with Gasteiger partial charge in [0.1, 0.15) is 0 Å². The Morgan fingerprint density at radius 1 is 1.60 bits per heavy atom. The van der Waals surface area contributed by atoms with Crippen LogP contribution >= 0.6 is 0 Å². The van der Waals surface area contributed by atoms with Gasteiger partial charge in [0.25, 0.3) is 0 Å². The fraction of sp³-hybridized carbons (Fsp3) is 0.455. The van der Waals surface area contributed by atoms with Crippen LogP contribution in [-0.2, 0) is 4.79 Å². The summed E-state index contributed by atoms with van der Waals surface area (Å²) in [5.74, 6) is 0.0950. The highest BCUT2D eigenvalue weighted by molar-refractivity contribution is 5.88. The van der Waals surface area contributed by atoms with E-state index in [-0.39, 0.29) is 5.91 Å². The summed E-state index contributed by atoms with van der Waals surface area (Å²) in [5, 5.41) is 4.24. The van der Waals surface area contributed by atoms with Crippen molar-refractivity contribution in [3.8, 4) is 0 Å². The molecular formula is C11H15N3O. The van der Waals surface area contributed by atoms with Gasteiger partial charge in [-0.05, 0) is 25.5 Å². The molecule has 0 N–H and O–H groups in total. The summed E-state index contributed by atoms with van der Waals surface area (Å²) in [6.45, 7) is 5.41. The van der Waals surface area contributed by atoms with Crippen LogP contribution in [-0.4, -0.2) is 33.7 Å². The van der Waals surface area contributed by atoms with Gasteiger partial charge in [-0.15, -0.1) is 0 Å². The summed E-state index contributed by atoms with van der Waals surface area (Å²) in [7, 11) is 0. The van der Waals surface area contributed by atoms with Gasteiger partial charge in [0.15, 0.2) is 0 Å². The minimum absolute atomic E-state index is 0.0950. The topological polar surface area (TPSA) is 38.1 Å². The van der Waals surface area contributed by atoms with Crippen LogP contribution in [0.4, 0.5) is 0 Å². The molecule has 4 nitrogen and oxygen atoms in total. The molecule has 80 valence electrons. The highest BCUT2D eigenvalue weighted by atomic mass is 16.2. The van der Waals surface area contributed by atoms with Crippen molar-refractivity contribution < 1.29 is 4.79 Å². The van der Waals surface area contributed by atoms with Gasteiger partial charge >= 0.3 is 0 Å². The van der Waals surface area contributed by atoms with E-state index in [1.807, 2.05) is 35.8 Å². The van der Waals surface area contributed by atoms with Crippen molar-refractivity contribution >= 4 is 5.91 Å². The maximum atomic E-state index is 11.4. The highest BCUT2D eigenvalue weighted by Crippen LogP contribution is 2.20. The molecule has 1 amide bonds. The normalized spacial score (nSPS) is 17.1. The predicted molar refractivity (Wildman–Crippen MR) is 57.4 cm³/mol. The molecule has 0 spiro atoms. The van der Waals surface area contributed by atoms with E-state index >= 15 is 0 Å². The highest BCUT2D eigenvalue weighted by Gasteiger charge is 2.30. The fourth-order valence-corrected chi connectivity index (χ4v) is 1.68. The molecule has 0 saturated carbocycles. The zero-order valence-corrected chi connectivity index (χ0v) is 9.05. The van der Waals surface area contributed by atoms with Gasteiger partial charge in [-0.3, -0.25) is 9.48 Å². The summed E-state index contributed by atoms with van der Waals surface area (Å²) >= 11 is 0. The third-order valence-corrected chi connectivity index (χ3v) is 2.59. The minimum Gasteiger partial charge on any atom is -0.335 e. The van der Waals surface area contributed by atoms with E-state index in [2.05, 4.69) is 5.10 Å². The molecule has 0 aliphatic carbocycles. The van der Waals surface area contributed by atoms with Crippen molar-refractivity contribution in [1.82, 2.24) is 14.7 Å². The van der Waals surface area contributed by atoms with E-state index in [9.17, 15) is 4.79 Å². The maximum absolute atomic E-state index is 11.4. The van der Waals surface area contributed by atoms with Crippen LogP contribution in [0.3, 0.4) is 0 Å². The summed E-state index contributed by atoms with van der Waals surface area (Å²) in [6.07, 6.45) is 7.23. The lowest BCUT2D eigenvalue weighted by Gasteiger charge is -2.38. The lowest BCUT2D eigenvalue weighted by Crippen LogP contribution is -2.50. The molecule has 1 saturated heterocycles. The molecule has 4 heteroatoms. The SMILES string of the molecule is C/C=C/C(=O)N1CC(n2cc(C)cn2)C1. The molecule has 2 heterocycles. The van der Waals surface area contributed by atoms with Crippen molar-refractivity contribution in [1.29, 1.82) is 0 Å². The number of hydrogen-bond acceptors (Lipinski definition) is 2. The zero-order valence-electron chi connectivity index (χ0n) is 9.05. The first-order valence-electron chi connectivity index (χ1n) is 5.13. The van der Waals surface area contributed by atoms with Gasteiger partial charge in [-0.25, -0.2) is 0 Å². The van der Waals surface area contributed by atoms with Gasteiger partial charge in [0.2, 0.25) is 5.91 Å². The Morgan fingerprint density at radius 2 is 2.33 bits per heavy atom. The summed E-state index contributed by atoms with van der Waals surface area (Å²) in [4.78, 5) is 13.2. The molecule has 0 aromatic carbocycles. The van der Waals surface area contributed by atoms with Crippen LogP contribution in [0.25, 0.3) is 0 Å². The summed E-state index contributed by atoms with van der Waals surface area (Å²) in [6, 6.07) is 0.355. The van der Waals surface area contributed by atoms with E-state index in [1.165, 1.54) is 0 Å². The molecule has 0 radical (unpaired) electrons. The fourth-order valence-electron chi connectivity index (χ4n) is 1.68. The Bertz CT molecular complexity index is 388. The number of likely N-dealkylation sites (tertiary alicyclic amines) is 1. The quantitative estimate of drug-likeness (QED) is 0.679. The third-order valence-electron chi connectivity index (χ3n) is 2.59. The van der Waals surface area contributed by atoms with Gasteiger partial charge in [0.05, 0.1) is 12.2 Å². The Hall–Kier alpha value is -1.58. The average Bonchev–Trinajstić information content (AvgIpc) is 2.49. The number of allylic oxidation sites excluding steroid dienone is 1. The minimum atomic E-state index is 0.0950. The van der Waals surface area contributed by atoms with Gasteiger partial charge < -0.3 is 4.90 Å². The molecular weight excluding hydrogens is 190 g/mol. The van der Waals surface area contributed by atoms with Crippen LogP contribution in [0.15, 0.2) is 24.5 Å². The van der Waals surface area contributed by atoms with Crippen LogP contribution in [0.2, 0.25) is 0 Å². The van der Waals surface area contributed by atoms with Crippen molar-refractivity contribution in [2.45, 2.75) is 19.9 Å². The Kier molecular flexibility index (Phi) is 2.58. The van der Waals surface area contributed by atoms with E-state index in [0.29, 0.717) is 6.04 Å². The van der Waals surface area contributed by atoms with Crippen LogP contribution < -0.4 is 0 Å². The number of aryl methyl sites for hydroxylation is 1. The van der Waals surface area contributed by atoms with Gasteiger partial charge in [-0.2, -0.15) is 5.10 Å². The number of amides is 1. The summed E-state index contributed by atoms with van der Waals surface area (Å²) in [5.41, 5.74) is 1.16. The Balaban J connectivity index is 1.91. The van der Waals surface area contributed by atoms with E-state index < -0.39 is 0 Å². The number of nitrogens with zero attached hydrogens (tertiary/aromatic N) is 3.